The van der Waals surface area contributed by atoms with Crippen molar-refractivity contribution < 1.29 is 4.57 Å². The molecule has 0 fully saturated rings. The molecule has 0 saturated carbocycles. The maximum atomic E-state index is 3.93. The number of hydrogen-bond acceptors (Lipinski definition) is 0. The van der Waals surface area contributed by atoms with Crippen LogP contribution in [0.15, 0.2) is 31.4 Å². The van der Waals surface area contributed by atoms with Crippen molar-refractivity contribution in [1.29, 1.82) is 0 Å². The zero-order valence-electron chi connectivity index (χ0n) is 10.7. The van der Waals surface area contributed by atoms with Crippen LogP contribution in [-0.2, 0) is 0 Å². The number of nitrogens with zero attached hydrogens (tertiary/aromatic N) is 1. The monoisotopic (exact) mass is 221 g/mol. The van der Waals surface area contributed by atoms with Gasteiger partial charge in [-0.25, -0.2) is 4.57 Å². The smallest absolute Gasteiger partial charge is 0.242 e. The summed E-state index contributed by atoms with van der Waals surface area (Å²) < 4.78 is 2.20. The maximum Gasteiger partial charge on any atom is 0.242 e. The van der Waals surface area contributed by atoms with Gasteiger partial charge in [-0.05, 0) is 18.4 Å². The topological polar surface area (TPSA) is 19.7 Å². The molecule has 90 valence electrons. The average Bonchev–Trinajstić information content (AvgIpc) is 2.79. The van der Waals surface area contributed by atoms with Crippen LogP contribution in [0.3, 0.4) is 0 Å². The Labute approximate surface area is 99.4 Å². The summed E-state index contributed by atoms with van der Waals surface area (Å²) in [5, 5.41) is 0. The lowest BCUT2D eigenvalue weighted by atomic mass is 9.95. The SMILES string of the molecule is C=CC(CC(C)CCCCC)[n+]1cc[nH]c1. The van der Waals surface area contributed by atoms with E-state index >= 15 is 0 Å². The van der Waals surface area contributed by atoms with Gasteiger partial charge in [0, 0.05) is 0 Å². The first-order chi connectivity index (χ1) is 7.77. The molecule has 1 rings (SSSR count). The van der Waals surface area contributed by atoms with E-state index in [4.69, 9.17) is 0 Å². The van der Waals surface area contributed by atoms with Gasteiger partial charge in [0.2, 0.25) is 6.33 Å². The standard InChI is InChI=1S/C14H24N2/c1-4-6-7-8-13(3)11-14(5-2)16-10-9-15-12-16/h5,9-10,12-14H,2,4,6-8,11H2,1,3H3/p+1. The molecule has 0 radical (unpaired) electrons. The van der Waals surface area contributed by atoms with Crippen LogP contribution in [0, 0.1) is 5.92 Å². The Morgan fingerprint density at radius 3 is 2.81 bits per heavy atom. The molecule has 2 atom stereocenters. The van der Waals surface area contributed by atoms with Crippen LogP contribution >= 0.6 is 0 Å². The molecule has 1 aromatic rings. The molecule has 2 nitrogen and oxygen atoms in total. The number of aromatic amines is 1. The molecule has 0 aliphatic rings. The lowest BCUT2D eigenvalue weighted by molar-refractivity contribution is -0.712. The molecule has 0 bridgehead atoms. The molecule has 0 amide bonds. The highest BCUT2D eigenvalue weighted by Gasteiger charge is 2.15. The second-order valence-corrected chi connectivity index (χ2v) is 4.70. The largest absolute Gasteiger partial charge is 0.250 e. The molecule has 1 heterocycles. The highest BCUT2D eigenvalue weighted by molar-refractivity contribution is 4.77. The van der Waals surface area contributed by atoms with E-state index in [0.29, 0.717) is 6.04 Å². The normalized spacial score (nSPS) is 14.6. The Morgan fingerprint density at radius 2 is 2.25 bits per heavy atom. The van der Waals surface area contributed by atoms with Crippen LogP contribution in [0.1, 0.15) is 52.0 Å². The van der Waals surface area contributed by atoms with Crippen molar-refractivity contribution in [1.82, 2.24) is 4.98 Å². The maximum absolute atomic E-state index is 3.93. The summed E-state index contributed by atoms with van der Waals surface area (Å²) in [6.45, 7) is 8.54. The van der Waals surface area contributed by atoms with Gasteiger partial charge >= 0.3 is 0 Å². The third kappa shape index (κ3) is 4.21. The van der Waals surface area contributed by atoms with E-state index < -0.39 is 0 Å². The van der Waals surface area contributed by atoms with Crippen molar-refractivity contribution in [3.63, 3.8) is 0 Å². The van der Waals surface area contributed by atoms with Gasteiger partial charge in [0.15, 0.2) is 0 Å². The van der Waals surface area contributed by atoms with Crippen molar-refractivity contribution in [3.05, 3.63) is 31.4 Å². The zero-order chi connectivity index (χ0) is 11.8. The van der Waals surface area contributed by atoms with Gasteiger partial charge < -0.3 is 0 Å². The number of unbranched alkanes of at least 4 members (excludes halogenated alkanes) is 2. The molecule has 2 heteroatoms. The fourth-order valence-corrected chi connectivity index (χ4v) is 2.12. The predicted octanol–water partition coefficient (Wildman–Crippen LogP) is 3.64. The number of H-pyrrole nitrogens is 1. The summed E-state index contributed by atoms with van der Waals surface area (Å²) >= 11 is 0. The first-order valence-corrected chi connectivity index (χ1v) is 6.44. The Morgan fingerprint density at radius 1 is 1.44 bits per heavy atom. The Balaban J connectivity index is 2.35. The highest BCUT2D eigenvalue weighted by atomic mass is 15.0. The molecule has 0 aliphatic heterocycles. The van der Waals surface area contributed by atoms with Crippen LogP contribution in [0.4, 0.5) is 0 Å². The number of rotatable bonds is 8. The third-order valence-corrected chi connectivity index (χ3v) is 3.17. The van der Waals surface area contributed by atoms with E-state index in [1.807, 2.05) is 18.6 Å². The van der Waals surface area contributed by atoms with E-state index in [2.05, 4.69) is 36.2 Å². The minimum atomic E-state index is 0.433. The van der Waals surface area contributed by atoms with Crippen molar-refractivity contribution in [2.45, 2.75) is 52.0 Å². The van der Waals surface area contributed by atoms with Gasteiger partial charge in [-0.2, -0.15) is 0 Å². The van der Waals surface area contributed by atoms with Crippen LogP contribution in [0.2, 0.25) is 0 Å². The summed E-state index contributed by atoms with van der Waals surface area (Å²) in [6, 6.07) is 0.433. The molecule has 0 aliphatic carbocycles. The summed E-state index contributed by atoms with van der Waals surface area (Å²) in [6.07, 6.45) is 14.6. The van der Waals surface area contributed by atoms with Gasteiger partial charge in [0.05, 0.1) is 0 Å². The van der Waals surface area contributed by atoms with Crippen LogP contribution < -0.4 is 4.57 Å². The Bertz CT molecular complexity index is 277. The second-order valence-electron chi connectivity index (χ2n) is 4.70. The van der Waals surface area contributed by atoms with Crippen LogP contribution in [-0.4, -0.2) is 4.98 Å². The Kier molecular flexibility index (Phi) is 5.91. The summed E-state index contributed by atoms with van der Waals surface area (Å²) in [7, 11) is 0. The van der Waals surface area contributed by atoms with E-state index in [-0.39, 0.29) is 0 Å². The van der Waals surface area contributed by atoms with Gasteiger partial charge in [0.1, 0.15) is 18.4 Å². The number of aromatic nitrogens is 2. The van der Waals surface area contributed by atoms with Gasteiger partial charge in [-0.3, -0.25) is 4.98 Å². The zero-order valence-corrected chi connectivity index (χ0v) is 10.7. The third-order valence-electron chi connectivity index (χ3n) is 3.17. The van der Waals surface area contributed by atoms with E-state index in [0.717, 1.165) is 5.92 Å². The van der Waals surface area contributed by atoms with Crippen molar-refractivity contribution in [3.8, 4) is 0 Å². The van der Waals surface area contributed by atoms with Crippen molar-refractivity contribution in [2.75, 3.05) is 0 Å². The van der Waals surface area contributed by atoms with Crippen LogP contribution in [0.25, 0.3) is 0 Å². The lowest BCUT2D eigenvalue weighted by Gasteiger charge is -2.15. The Hall–Kier alpha value is -1.05. The van der Waals surface area contributed by atoms with E-state index in [1.165, 1.54) is 32.1 Å². The first-order valence-electron chi connectivity index (χ1n) is 6.44. The number of allylic oxidation sites excluding steroid dienone is 1. The summed E-state index contributed by atoms with van der Waals surface area (Å²) in [4.78, 5) is 3.09. The molecular weight excluding hydrogens is 196 g/mol. The molecule has 1 aromatic heterocycles. The number of hydrogen-bond donors (Lipinski definition) is 1. The van der Waals surface area contributed by atoms with E-state index in [9.17, 15) is 0 Å². The van der Waals surface area contributed by atoms with E-state index in [1.54, 1.807) is 0 Å². The van der Waals surface area contributed by atoms with Gasteiger partial charge in [-0.1, -0.05) is 46.1 Å². The highest BCUT2D eigenvalue weighted by Crippen LogP contribution is 2.19. The fraction of sp³-hybridized carbons (Fsp3) is 0.643. The minimum absolute atomic E-state index is 0.433. The molecule has 0 saturated heterocycles. The molecule has 1 N–H and O–H groups in total. The molecule has 0 spiro atoms. The summed E-state index contributed by atoms with van der Waals surface area (Å²) in [5.41, 5.74) is 0. The molecule has 2 unspecified atom stereocenters. The number of imidazole rings is 1. The quantitative estimate of drug-likeness (QED) is 0.393. The molecule has 16 heavy (non-hydrogen) atoms. The number of nitrogens with one attached hydrogen (secondary N) is 1. The van der Waals surface area contributed by atoms with Gasteiger partial charge in [0.25, 0.3) is 0 Å². The van der Waals surface area contributed by atoms with Crippen LogP contribution in [0.5, 0.6) is 0 Å². The second kappa shape index (κ2) is 7.26. The lowest BCUT2D eigenvalue weighted by Crippen LogP contribution is -2.36. The van der Waals surface area contributed by atoms with Gasteiger partial charge in [-0.15, -0.1) is 0 Å². The fourth-order valence-electron chi connectivity index (χ4n) is 2.12. The molecule has 0 aromatic carbocycles. The minimum Gasteiger partial charge on any atom is -0.250 e. The van der Waals surface area contributed by atoms with Crippen molar-refractivity contribution >= 4 is 0 Å². The van der Waals surface area contributed by atoms with Crippen molar-refractivity contribution in [2.24, 2.45) is 5.92 Å². The summed E-state index contributed by atoms with van der Waals surface area (Å²) in [5.74, 6) is 0.775. The first kappa shape index (κ1) is 13.0. The molecular formula is C14H25N2+. The predicted molar refractivity (Wildman–Crippen MR) is 68.1 cm³/mol. The average molecular weight is 221 g/mol.